The largest absolute Gasteiger partial charge is 0.419 e. The zero-order valence-electron chi connectivity index (χ0n) is 15.2. The third-order valence-electron chi connectivity index (χ3n) is 4.69. The topological polar surface area (TPSA) is 88.7 Å². The second-order valence-electron chi connectivity index (χ2n) is 6.64. The summed E-state index contributed by atoms with van der Waals surface area (Å²) in [5, 5.41) is 18.3. The van der Waals surface area contributed by atoms with E-state index in [0.717, 1.165) is 39.1 Å². The van der Waals surface area contributed by atoms with E-state index in [1.807, 2.05) is 56.3 Å². The Bertz CT molecular complexity index is 1140. The van der Waals surface area contributed by atoms with Gasteiger partial charge in [-0.25, -0.2) is 0 Å². The molecule has 0 saturated carbocycles. The van der Waals surface area contributed by atoms with Gasteiger partial charge in [0.05, 0.1) is 11.3 Å². The summed E-state index contributed by atoms with van der Waals surface area (Å²) >= 11 is 0. The van der Waals surface area contributed by atoms with E-state index in [4.69, 9.17) is 10.2 Å². The monoisotopic (exact) mass is 354 g/mol. The standard InChI is InChI=1S/C22H18N4O/c1-13-8-9-16(14(2)10-13)19-17(12-23)21(24)27-22-20(19)18(25-26-22)11-15-6-4-3-5-7-15/h3-10H,11,24H2,1-2H3. The molecule has 0 fully saturated rings. The fourth-order valence-corrected chi connectivity index (χ4v) is 3.44. The lowest BCUT2D eigenvalue weighted by molar-refractivity contribution is 0.566. The minimum atomic E-state index is 0.0612. The predicted molar refractivity (Wildman–Crippen MR) is 104 cm³/mol. The highest BCUT2D eigenvalue weighted by Gasteiger charge is 2.27. The van der Waals surface area contributed by atoms with Gasteiger partial charge in [0.2, 0.25) is 11.8 Å². The maximum absolute atomic E-state index is 9.75. The Labute approximate surface area is 157 Å². The minimum absolute atomic E-state index is 0.0612. The summed E-state index contributed by atoms with van der Waals surface area (Å²) in [5.41, 5.74) is 12.9. The summed E-state index contributed by atoms with van der Waals surface area (Å²) < 4.78 is 5.61. The van der Waals surface area contributed by atoms with E-state index in [0.29, 0.717) is 17.9 Å². The molecule has 5 heteroatoms. The van der Waals surface area contributed by atoms with Gasteiger partial charge in [0.15, 0.2) is 0 Å². The van der Waals surface area contributed by atoms with Crippen molar-refractivity contribution in [3.05, 3.63) is 76.5 Å². The number of fused-ring (bicyclic) bond motifs is 1. The van der Waals surface area contributed by atoms with Gasteiger partial charge in [-0.1, -0.05) is 54.1 Å². The Hall–Kier alpha value is -3.65. The number of aromatic nitrogens is 2. The van der Waals surface area contributed by atoms with Crippen LogP contribution in [0.25, 0.3) is 22.6 Å². The lowest BCUT2D eigenvalue weighted by Gasteiger charge is -2.15. The average molecular weight is 354 g/mol. The van der Waals surface area contributed by atoms with Crippen molar-refractivity contribution < 1.29 is 4.42 Å². The van der Waals surface area contributed by atoms with E-state index in [2.05, 4.69) is 22.3 Å². The van der Waals surface area contributed by atoms with Gasteiger partial charge in [0, 0.05) is 12.0 Å². The van der Waals surface area contributed by atoms with Gasteiger partial charge in [0.1, 0.15) is 11.6 Å². The normalized spacial score (nSPS) is 10.9. The molecule has 0 bridgehead atoms. The SMILES string of the molecule is Cc1ccc(-c2c(C#N)c(N)oc3nnc(Cc4ccccc4)c2-3)c(C)c1. The smallest absolute Gasteiger partial charge is 0.250 e. The van der Waals surface area contributed by atoms with Crippen LogP contribution in [0, 0.1) is 25.2 Å². The Balaban J connectivity index is 2.00. The first-order valence-corrected chi connectivity index (χ1v) is 8.67. The molecule has 0 saturated heterocycles. The van der Waals surface area contributed by atoms with Crippen LogP contribution >= 0.6 is 0 Å². The molecule has 4 rings (SSSR count). The second kappa shape index (κ2) is 6.58. The molecule has 2 N–H and O–H groups in total. The van der Waals surface area contributed by atoms with Crippen molar-refractivity contribution in [2.75, 3.05) is 5.73 Å². The van der Waals surface area contributed by atoms with E-state index < -0.39 is 0 Å². The van der Waals surface area contributed by atoms with E-state index in [1.165, 1.54) is 0 Å². The third kappa shape index (κ3) is 2.91. The fourth-order valence-electron chi connectivity index (χ4n) is 3.44. The Morgan fingerprint density at radius 2 is 1.81 bits per heavy atom. The number of nitrogen functional groups attached to an aromatic ring is 1. The van der Waals surface area contributed by atoms with E-state index in [-0.39, 0.29) is 5.88 Å². The molecular weight excluding hydrogens is 336 g/mol. The first kappa shape index (κ1) is 16.8. The molecule has 0 radical (unpaired) electrons. The molecule has 2 heterocycles. The van der Waals surface area contributed by atoms with E-state index >= 15 is 0 Å². The van der Waals surface area contributed by atoms with Gasteiger partial charge in [-0.05, 0) is 30.5 Å². The lowest BCUT2D eigenvalue weighted by Crippen LogP contribution is -2.01. The molecule has 0 amide bonds. The Morgan fingerprint density at radius 3 is 2.52 bits per heavy atom. The molecule has 5 nitrogen and oxygen atoms in total. The summed E-state index contributed by atoms with van der Waals surface area (Å²) in [6.45, 7) is 4.06. The summed E-state index contributed by atoms with van der Waals surface area (Å²) in [5.74, 6) is 0.415. The van der Waals surface area contributed by atoms with Crippen LogP contribution in [0.4, 0.5) is 5.88 Å². The zero-order chi connectivity index (χ0) is 19.0. The predicted octanol–water partition coefficient (Wildman–Crippen LogP) is 4.50. The quantitative estimate of drug-likeness (QED) is 0.585. The number of rotatable bonds is 3. The molecule has 0 atom stereocenters. The number of hydrogen-bond acceptors (Lipinski definition) is 5. The molecule has 2 aliphatic heterocycles. The highest BCUT2D eigenvalue weighted by molar-refractivity contribution is 5.90. The van der Waals surface area contributed by atoms with Crippen LogP contribution < -0.4 is 5.73 Å². The molecule has 27 heavy (non-hydrogen) atoms. The van der Waals surface area contributed by atoms with Crippen molar-refractivity contribution in [2.45, 2.75) is 20.3 Å². The van der Waals surface area contributed by atoms with E-state index in [9.17, 15) is 5.26 Å². The highest BCUT2D eigenvalue weighted by atomic mass is 16.4. The molecule has 0 spiro atoms. The number of hydrogen-bond donors (Lipinski definition) is 1. The second-order valence-corrected chi connectivity index (χ2v) is 6.64. The van der Waals surface area contributed by atoms with Crippen LogP contribution in [0.15, 0.2) is 52.9 Å². The number of nitriles is 1. The van der Waals surface area contributed by atoms with Crippen molar-refractivity contribution in [1.29, 1.82) is 5.26 Å². The van der Waals surface area contributed by atoms with Crippen LogP contribution in [-0.2, 0) is 6.42 Å². The molecule has 2 aliphatic rings. The maximum atomic E-state index is 9.75. The molecule has 2 aromatic rings. The summed E-state index contributed by atoms with van der Waals surface area (Å²) in [7, 11) is 0. The average Bonchev–Trinajstić information content (AvgIpc) is 3.04. The van der Waals surface area contributed by atoms with Gasteiger partial charge in [-0.2, -0.15) is 10.4 Å². The Kier molecular flexibility index (Phi) is 4.09. The summed E-state index contributed by atoms with van der Waals surface area (Å²) in [6, 6.07) is 18.4. The van der Waals surface area contributed by atoms with Crippen LogP contribution in [0.5, 0.6) is 0 Å². The number of nitrogens with zero attached hydrogens (tertiary/aromatic N) is 3. The van der Waals surface area contributed by atoms with Gasteiger partial charge in [0.25, 0.3) is 0 Å². The molecule has 0 aromatic heterocycles. The first-order valence-electron chi connectivity index (χ1n) is 8.67. The third-order valence-corrected chi connectivity index (χ3v) is 4.69. The fraction of sp³-hybridized carbons (Fsp3) is 0.136. The number of benzene rings is 2. The number of nitrogens with two attached hydrogens (primary N) is 1. The minimum Gasteiger partial charge on any atom is -0.419 e. The van der Waals surface area contributed by atoms with Crippen molar-refractivity contribution in [2.24, 2.45) is 0 Å². The first-order chi connectivity index (χ1) is 13.1. The van der Waals surface area contributed by atoms with Gasteiger partial charge >= 0.3 is 0 Å². The van der Waals surface area contributed by atoms with Crippen LogP contribution in [-0.4, -0.2) is 10.2 Å². The van der Waals surface area contributed by atoms with Gasteiger partial charge in [-0.3, -0.25) is 0 Å². The maximum Gasteiger partial charge on any atom is 0.250 e. The lowest BCUT2D eigenvalue weighted by atomic mass is 9.90. The molecule has 2 aromatic carbocycles. The number of aryl methyl sites for hydroxylation is 2. The summed E-state index contributed by atoms with van der Waals surface area (Å²) in [6.07, 6.45) is 0.597. The molecule has 0 aliphatic carbocycles. The van der Waals surface area contributed by atoms with Crippen molar-refractivity contribution >= 4 is 5.88 Å². The van der Waals surface area contributed by atoms with E-state index in [1.54, 1.807) is 0 Å². The van der Waals surface area contributed by atoms with Crippen LogP contribution in [0.3, 0.4) is 0 Å². The van der Waals surface area contributed by atoms with Gasteiger partial charge < -0.3 is 10.2 Å². The highest BCUT2D eigenvalue weighted by Crippen LogP contribution is 2.42. The van der Waals surface area contributed by atoms with Gasteiger partial charge in [-0.15, -0.1) is 5.10 Å². The zero-order valence-corrected chi connectivity index (χ0v) is 15.2. The van der Waals surface area contributed by atoms with Crippen molar-refractivity contribution in [1.82, 2.24) is 10.2 Å². The molecule has 0 unspecified atom stereocenters. The molecular formula is C22H18N4O. The van der Waals surface area contributed by atoms with Crippen molar-refractivity contribution in [3.63, 3.8) is 0 Å². The Morgan fingerprint density at radius 1 is 1.04 bits per heavy atom. The number of anilines is 1. The molecule has 132 valence electrons. The van der Waals surface area contributed by atoms with Crippen molar-refractivity contribution in [3.8, 4) is 28.7 Å². The van der Waals surface area contributed by atoms with Crippen LogP contribution in [0.2, 0.25) is 0 Å². The van der Waals surface area contributed by atoms with Crippen LogP contribution in [0.1, 0.15) is 27.9 Å². The summed E-state index contributed by atoms with van der Waals surface area (Å²) in [4.78, 5) is 0.